The van der Waals surface area contributed by atoms with Gasteiger partial charge in [-0.1, -0.05) is 18.2 Å². The van der Waals surface area contributed by atoms with Gasteiger partial charge >= 0.3 is 5.69 Å². The highest BCUT2D eigenvalue weighted by molar-refractivity contribution is 5.86. The van der Waals surface area contributed by atoms with E-state index in [0.29, 0.717) is 6.54 Å². The summed E-state index contributed by atoms with van der Waals surface area (Å²) in [7, 11) is 1.68. The minimum absolute atomic E-state index is 0.0627. The number of carbonyl (C=O) groups is 1. The third kappa shape index (κ3) is 3.39. The van der Waals surface area contributed by atoms with Gasteiger partial charge in [0.15, 0.2) is 0 Å². The molecule has 2 aliphatic rings. The summed E-state index contributed by atoms with van der Waals surface area (Å²) in [6, 6.07) is 14.2. The molecular weight excluding hydrogens is 416 g/mol. The number of fused-ring (bicyclic) bond motifs is 1. The van der Waals surface area contributed by atoms with Gasteiger partial charge in [0.1, 0.15) is 11.4 Å². The monoisotopic (exact) mass is 442 g/mol. The molecule has 7 heteroatoms. The quantitative estimate of drug-likeness (QED) is 0.479. The molecule has 1 saturated carbocycles. The fraction of sp³-hybridized carbons (Fsp3) is 0.346. The van der Waals surface area contributed by atoms with Crippen LogP contribution in [0.3, 0.4) is 0 Å². The van der Waals surface area contributed by atoms with E-state index in [1.807, 2.05) is 48.2 Å². The van der Waals surface area contributed by atoms with Gasteiger partial charge in [0.25, 0.3) is 0 Å². The summed E-state index contributed by atoms with van der Waals surface area (Å²) in [4.78, 5) is 27.4. The molecule has 2 fully saturated rings. The first kappa shape index (κ1) is 20.0. The maximum atomic E-state index is 13.0. The molecule has 0 bridgehead atoms. The molecule has 33 heavy (non-hydrogen) atoms. The van der Waals surface area contributed by atoms with E-state index in [1.54, 1.807) is 17.9 Å². The molecule has 168 valence electrons. The van der Waals surface area contributed by atoms with Gasteiger partial charge in [0.2, 0.25) is 5.91 Å². The second kappa shape index (κ2) is 7.47. The molecule has 3 heterocycles. The van der Waals surface area contributed by atoms with Gasteiger partial charge in [-0.3, -0.25) is 4.79 Å². The van der Waals surface area contributed by atoms with E-state index in [0.717, 1.165) is 65.0 Å². The second-order valence-corrected chi connectivity index (χ2v) is 9.32. The Morgan fingerprint density at radius 3 is 2.58 bits per heavy atom. The van der Waals surface area contributed by atoms with Crippen molar-refractivity contribution < 1.29 is 9.21 Å². The average molecular weight is 443 g/mol. The lowest BCUT2D eigenvalue weighted by Gasteiger charge is -2.16. The summed E-state index contributed by atoms with van der Waals surface area (Å²) in [5.41, 5.74) is 4.79. The van der Waals surface area contributed by atoms with Crippen LogP contribution < -0.4 is 5.69 Å². The zero-order chi connectivity index (χ0) is 22.7. The Balaban J connectivity index is 1.31. The van der Waals surface area contributed by atoms with Crippen molar-refractivity contribution in [3.8, 4) is 16.8 Å². The summed E-state index contributed by atoms with van der Waals surface area (Å²) >= 11 is 0. The Kier molecular flexibility index (Phi) is 4.54. The van der Waals surface area contributed by atoms with Gasteiger partial charge in [-0.25, -0.2) is 14.0 Å². The number of likely N-dealkylation sites (tertiary alicyclic amines) is 1. The maximum Gasteiger partial charge on any atom is 0.350 e. The molecule has 7 nitrogen and oxygen atoms in total. The third-order valence-electron chi connectivity index (χ3n) is 6.97. The number of aryl methyl sites for hydroxylation is 2. The van der Waals surface area contributed by atoms with Crippen LogP contribution >= 0.6 is 0 Å². The zero-order valence-electron chi connectivity index (χ0n) is 18.8. The number of amides is 1. The molecule has 2 aromatic carbocycles. The highest BCUT2D eigenvalue weighted by Gasteiger charge is 2.38. The van der Waals surface area contributed by atoms with E-state index in [2.05, 4.69) is 11.2 Å². The summed E-state index contributed by atoms with van der Waals surface area (Å²) in [5.74, 6) is 1.27. The summed E-state index contributed by atoms with van der Waals surface area (Å²) in [5, 5.41) is 5.67. The van der Waals surface area contributed by atoms with Crippen molar-refractivity contribution in [2.24, 2.45) is 13.0 Å². The van der Waals surface area contributed by atoms with Crippen LogP contribution in [-0.4, -0.2) is 38.2 Å². The van der Waals surface area contributed by atoms with E-state index in [9.17, 15) is 9.59 Å². The number of hydrogen-bond acceptors (Lipinski definition) is 4. The highest BCUT2D eigenvalue weighted by Crippen LogP contribution is 2.35. The van der Waals surface area contributed by atoms with Gasteiger partial charge in [-0.15, -0.1) is 0 Å². The molecule has 2 aromatic heterocycles. The molecule has 1 saturated heterocycles. The van der Waals surface area contributed by atoms with E-state index >= 15 is 0 Å². The van der Waals surface area contributed by atoms with Crippen molar-refractivity contribution in [3.63, 3.8) is 0 Å². The Hall–Kier alpha value is -3.61. The number of nitrogens with zero attached hydrogens (tertiary/aromatic N) is 4. The molecule has 0 spiro atoms. The topological polar surface area (TPSA) is 73.3 Å². The predicted octanol–water partition coefficient (Wildman–Crippen LogP) is 4.02. The van der Waals surface area contributed by atoms with E-state index in [-0.39, 0.29) is 23.4 Å². The van der Waals surface area contributed by atoms with Crippen molar-refractivity contribution in [1.29, 1.82) is 0 Å². The molecule has 1 aliphatic heterocycles. The Morgan fingerprint density at radius 2 is 1.82 bits per heavy atom. The molecule has 6 rings (SSSR count). The Labute approximate surface area is 191 Å². The molecule has 0 radical (unpaired) electrons. The minimum Gasteiger partial charge on any atom is -0.464 e. The summed E-state index contributed by atoms with van der Waals surface area (Å²) in [6.45, 7) is 3.41. The Morgan fingerprint density at radius 1 is 1.06 bits per heavy atom. The molecule has 1 aliphatic carbocycles. The van der Waals surface area contributed by atoms with Gasteiger partial charge in [-0.05, 0) is 67.1 Å². The maximum absolute atomic E-state index is 13.0. The smallest absolute Gasteiger partial charge is 0.350 e. The van der Waals surface area contributed by atoms with Gasteiger partial charge in [0.05, 0.1) is 12.0 Å². The number of carbonyl (C=O) groups excluding carboxylic acids is 1. The number of benzene rings is 2. The first-order valence-electron chi connectivity index (χ1n) is 11.5. The standard InChI is InChI=1S/C26H26N4O3/c1-16-15-33-23-10-7-19(13-22(16)23)17-5-8-21(9-6-17)30-24(27-28(2)26(30)32)20-11-12-29(14-20)25(31)18-3-4-18/h5-10,13,15,18,20H,3-4,11-12,14H2,1-2H3. The number of hydrogen-bond donors (Lipinski definition) is 0. The normalized spacial score (nSPS) is 18.4. The lowest BCUT2D eigenvalue weighted by molar-refractivity contribution is -0.131. The predicted molar refractivity (Wildman–Crippen MR) is 125 cm³/mol. The lowest BCUT2D eigenvalue weighted by atomic mass is 10.0. The average Bonchev–Trinajstić information content (AvgIpc) is 3.34. The summed E-state index contributed by atoms with van der Waals surface area (Å²) < 4.78 is 8.65. The lowest BCUT2D eigenvalue weighted by Crippen LogP contribution is -2.30. The third-order valence-corrected chi connectivity index (χ3v) is 6.97. The van der Waals surface area contributed by atoms with Crippen LogP contribution in [0.15, 0.2) is 57.9 Å². The van der Waals surface area contributed by atoms with Crippen molar-refractivity contribution >= 4 is 16.9 Å². The number of furan rings is 1. The van der Waals surface area contributed by atoms with Crippen molar-refractivity contribution in [1.82, 2.24) is 19.2 Å². The first-order chi connectivity index (χ1) is 16.0. The van der Waals surface area contributed by atoms with Crippen LogP contribution in [0.4, 0.5) is 0 Å². The van der Waals surface area contributed by atoms with Crippen LogP contribution in [0.5, 0.6) is 0 Å². The zero-order valence-corrected chi connectivity index (χ0v) is 18.8. The minimum atomic E-state index is -0.167. The largest absolute Gasteiger partial charge is 0.464 e. The molecule has 1 unspecified atom stereocenters. The molecule has 1 atom stereocenters. The van der Waals surface area contributed by atoms with E-state index in [1.165, 1.54) is 4.68 Å². The number of aromatic nitrogens is 3. The number of rotatable bonds is 4. The van der Waals surface area contributed by atoms with Gasteiger partial charge in [0, 0.05) is 37.4 Å². The van der Waals surface area contributed by atoms with E-state index < -0.39 is 0 Å². The van der Waals surface area contributed by atoms with Crippen LogP contribution in [-0.2, 0) is 11.8 Å². The second-order valence-electron chi connectivity index (χ2n) is 9.32. The first-order valence-corrected chi connectivity index (χ1v) is 11.5. The van der Waals surface area contributed by atoms with Gasteiger partial charge < -0.3 is 9.32 Å². The van der Waals surface area contributed by atoms with Crippen LogP contribution in [0.25, 0.3) is 27.8 Å². The van der Waals surface area contributed by atoms with Crippen LogP contribution in [0, 0.1) is 12.8 Å². The molecule has 1 amide bonds. The van der Waals surface area contributed by atoms with Crippen molar-refractivity contribution in [3.05, 3.63) is 70.6 Å². The summed E-state index contributed by atoms with van der Waals surface area (Å²) in [6.07, 6.45) is 4.62. The van der Waals surface area contributed by atoms with Gasteiger partial charge in [-0.2, -0.15) is 5.10 Å². The van der Waals surface area contributed by atoms with Crippen molar-refractivity contribution in [2.75, 3.05) is 13.1 Å². The Bertz CT molecular complexity index is 1420. The van der Waals surface area contributed by atoms with Crippen LogP contribution in [0.2, 0.25) is 0 Å². The molecule has 0 N–H and O–H groups in total. The fourth-order valence-corrected chi connectivity index (χ4v) is 4.89. The SMILES string of the molecule is Cc1coc2ccc(-c3ccc(-n4c(C5CCN(C(=O)C6CC6)C5)nn(C)c4=O)cc3)cc12. The molecular formula is C26H26N4O3. The van der Waals surface area contributed by atoms with E-state index in [4.69, 9.17) is 4.42 Å². The van der Waals surface area contributed by atoms with Crippen LogP contribution in [0.1, 0.15) is 36.6 Å². The fourth-order valence-electron chi connectivity index (χ4n) is 4.89. The van der Waals surface area contributed by atoms with Crippen molar-refractivity contribution in [2.45, 2.75) is 32.1 Å². The molecule has 4 aromatic rings. The highest BCUT2D eigenvalue weighted by atomic mass is 16.3.